The summed E-state index contributed by atoms with van der Waals surface area (Å²) in [5.41, 5.74) is 2.01. The summed E-state index contributed by atoms with van der Waals surface area (Å²) in [4.78, 5) is 2.27. The minimum atomic E-state index is -0.141. The van der Waals surface area contributed by atoms with E-state index in [1.165, 1.54) is 25.7 Å². The Morgan fingerprint density at radius 1 is 1.26 bits per heavy atom. The van der Waals surface area contributed by atoms with Gasteiger partial charge in [-0.1, -0.05) is 19.8 Å². The van der Waals surface area contributed by atoms with Gasteiger partial charge in [0.25, 0.3) is 0 Å². The maximum atomic E-state index is 13.7. The van der Waals surface area contributed by atoms with Crippen molar-refractivity contribution in [1.82, 2.24) is 5.32 Å². The zero-order valence-electron chi connectivity index (χ0n) is 12.2. The molecule has 1 aliphatic carbocycles. The van der Waals surface area contributed by atoms with Crippen LogP contribution in [0.15, 0.2) is 18.2 Å². The first-order valence-electron chi connectivity index (χ1n) is 7.28. The SMILES string of the molecule is CNCc1cc(F)cc(N(C)C2CCCCC2C)c1. The summed E-state index contributed by atoms with van der Waals surface area (Å²) in [6.45, 7) is 3.02. The molecule has 106 valence electrons. The van der Waals surface area contributed by atoms with E-state index >= 15 is 0 Å². The maximum Gasteiger partial charge on any atom is 0.125 e. The van der Waals surface area contributed by atoms with Gasteiger partial charge >= 0.3 is 0 Å². The van der Waals surface area contributed by atoms with Crippen molar-refractivity contribution in [1.29, 1.82) is 0 Å². The van der Waals surface area contributed by atoms with E-state index in [0.29, 0.717) is 18.5 Å². The molecule has 1 aliphatic rings. The molecule has 0 aromatic heterocycles. The van der Waals surface area contributed by atoms with Gasteiger partial charge in [-0.05, 0) is 49.6 Å². The summed E-state index contributed by atoms with van der Waals surface area (Å²) in [6.07, 6.45) is 5.13. The number of anilines is 1. The lowest BCUT2D eigenvalue weighted by atomic mass is 9.85. The third-order valence-electron chi connectivity index (χ3n) is 4.29. The maximum absolute atomic E-state index is 13.7. The fourth-order valence-electron chi connectivity index (χ4n) is 3.21. The largest absolute Gasteiger partial charge is 0.371 e. The van der Waals surface area contributed by atoms with Crippen LogP contribution in [-0.2, 0) is 6.54 Å². The van der Waals surface area contributed by atoms with Crippen molar-refractivity contribution in [2.24, 2.45) is 5.92 Å². The molecule has 0 heterocycles. The predicted octanol–water partition coefficient (Wildman–Crippen LogP) is 3.56. The molecule has 1 aromatic rings. The molecule has 1 fully saturated rings. The molecular weight excluding hydrogens is 239 g/mol. The third-order valence-corrected chi connectivity index (χ3v) is 4.29. The first kappa shape index (κ1) is 14.3. The van der Waals surface area contributed by atoms with Crippen LogP contribution in [-0.4, -0.2) is 20.1 Å². The Kier molecular flexibility index (Phi) is 4.81. The zero-order chi connectivity index (χ0) is 13.8. The number of hydrogen-bond acceptors (Lipinski definition) is 2. The lowest BCUT2D eigenvalue weighted by Gasteiger charge is -2.38. The van der Waals surface area contributed by atoms with Crippen molar-refractivity contribution in [2.45, 2.75) is 45.2 Å². The molecule has 2 unspecified atom stereocenters. The van der Waals surface area contributed by atoms with Gasteiger partial charge in [-0.25, -0.2) is 4.39 Å². The number of nitrogens with zero attached hydrogens (tertiary/aromatic N) is 1. The number of rotatable bonds is 4. The number of nitrogens with one attached hydrogen (secondary N) is 1. The predicted molar refractivity (Wildman–Crippen MR) is 79.0 cm³/mol. The molecule has 0 spiro atoms. The van der Waals surface area contributed by atoms with Crippen molar-refractivity contribution >= 4 is 5.69 Å². The van der Waals surface area contributed by atoms with Crippen LogP contribution in [0.1, 0.15) is 38.2 Å². The Labute approximate surface area is 116 Å². The highest BCUT2D eigenvalue weighted by atomic mass is 19.1. The van der Waals surface area contributed by atoms with Gasteiger partial charge < -0.3 is 10.2 Å². The van der Waals surface area contributed by atoms with Crippen molar-refractivity contribution in [3.63, 3.8) is 0 Å². The van der Waals surface area contributed by atoms with E-state index in [4.69, 9.17) is 0 Å². The van der Waals surface area contributed by atoms with Gasteiger partial charge in [0.2, 0.25) is 0 Å². The standard InChI is InChI=1S/C16H25FN2/c1-12-6-4-5-7-16(12)19(3)15-9-13(11-18-2)8-14(17)10-15/h8-10,12,16,18H,4-7,11H2,1-3H3. The summed E-state index contributed by atoms with van der Waals surface area (Å²) in [5, 5.41) is 3.08. The Bertz CT molecular complexity index is 419. The van der Waals surface area contributed by atoms with Crippen LogP contribution in [0.3, 0.4) is 0 Å². The summed E-state index contributed by atoms with van der Waals surface area (Å²) in [5.74, 6) is 0.549. The van der Waals surface area contributed by atoms with Crippen molar-refractivity contribution in [3.8, 4) is 0 Å². The normalized spacial score (nSPS) is 23.4. The average molecular weight is 264 g/mol. The molecular formula is C16H25FN2. The second kappa shape index (κ2) is 6.38. The first-order chi connectivity index (χ1) is 9.11. The monoisotopic (exact) mass is 264 g/mol. The van der Waals surface area contributed by atoms with Crippen LogP contribution >= 0.6 is 0 Å². The Hall–Kier alpha value is -1.09. The minimum absolute atomic E-state index is 0.141. The molecule has 0 radical (unpaired) electrons. The molecule has 2 nitrogen and oxygen atoms in total. The van der Waals surface area contributed by atoms with Crippen LogP contribution in [0.25, 0.3) is 0 Å². The molecule has 2 rings (SSSR count). The van der Waals surface area contributed by atoms with Crippen LogP contribution in [0, 0.1) is 11.7 Å². The quantitative estimate of drug-likeness (QED) is 0.894. The molecule has 3 heteroatoms. The van der Waals surface area contributed by atoms with Gasteiger partial charge in [-0.15, -0.1) is 0 Å². The molecule has 0 amide bonds. The highest BCUT2D eigenvalue weighted by molar-refractivity contribution is 5.49. The number of halogens is 1. The van der Waals surface area contributed by atoms with E-state index in [9.17, 15) is 4.39 Å². The van der Waals surface area contributed by atoms with Gasteiger partial charge in [0.15, 0.2) is 0 Å². The fraction of sp³-hybridized carbons (Fsp3) is 0.625. The lowest BCUT2D eigenvalue weighted by molar-refractivity contribution is 0.321. The molecule has 19 heavy (non-hydrogen) atoms. The van der Waals surface area contributed by atoms with Gasteiger partial charge in [-0.2, -0.15) is 0 Å². The second-order valence-electron chi connectivity index (χ2n) is 5.79. The number of hydrogen-bond donors (Lipinski definition) is 1. The van der Waals surface area contributed by atoms with Crippen LogP contribution in [0.4, 0.5) is 10.1 Å². The average Bonchev–Trinajstić information content (AvgIpc) is 2.38. The van der Waals surface area contributed by atoms with Gasteiger partial charge in [0, 0.05) is 25.3 Å². The van der Waals surface area contributed by atoms with E-state index in [1.54, 1.807) is 12.1 Å². The van der Waals surface area contributed by atoms with Gasteiger partial charge in [0.05, 0.1) is 0 Å². The highest BCUT2D eigenvalue weighted by Gasteiger charge is 2.25. The van der Waals surface area contributed by atoms with Gasteiger partial charge in [0.1, 0.15) is 5.82 Å². The molecule has 1 aromatic carbocycles. The van der Waals surface area contributed by atoms with E-state index < -0.39 is 0 Å². The summed E-state index contributed by atoms with van der Waals surface area (Å²) >= 11 is 0. The first-order valence-corrected chi connectivity index (χ1v) is 7.28. The second-order valence-corrected chi connectivity index (χ2v) is 5.79. The van der Waals surface area contributed by atoms with Crippen molar-refractivity contribution in [2.75, 3.05) is 19.0 Å². The Morgan fingerprint density at radius 3 is 2.68 bits per heavy atom. The van der Waals surface area contributed by atoms with E-state index in [-0.39, 0.29) is 5.82 Å². The smallest absolute Gasteiger partial charge is 0.125 e. The highest BCUT2D eigenvalue weighted by Crippen LogP contribution is 2.31. The third kappa shape index (κ3) is 3.47. The molecule has 1 saturated carbocycles. The summed E-state index contributed by atoms with van der Waals surface area (Å²) < 4.78 is 13.7. The molecule has 0 aliphatic heterocycles. The molecule has 1 N–H and O–H groups in total. The Morgan fingerprint density at radius 2 is 2.00 bits per heavy atom. The van der Waals surface area contributed by atoms with Crippen LogP contribution < -0.4 is 10.2 Å². The van der Waals surface area contributed by atoms with Gasteiger partial charge in [-0.3, -0.25) is 0 Å². The lowest BCUT2D eigenvalue weighted by Crippen LogP contribution is -2.39. The number of benzene rings is 1. The van der Waals surface area contributed by atoms with Crippen molar-refractivity contribution in [3.05, 3.63) is 29.6 Å². The van der Waals surface area contributed by atoms with E-state index in [1.807, 2.05) is 7.05 Å². The van der Waals surface area contributed by atoms with E-state index in [0.717, 1.165) is 11.3 Å². The van der Waals surface area contributed by atoms with E-state index in [2.05, 4.69) is 30.3 Å². The Balaban J connectivity index is 2.19. The van der Waals surface area contributed by atoms with Crippen molar-refractivity contribution < 1.29 is 4.39 Å². The minimum Gasteiger partial charge on any atom is -0.371 e. The molecule has 0 bridgehead atoms. The topological polar surface area (TPSA) is 15.3 Å². The summed E-state index contributed by atoms with van der Waals surface area (Å²) in [7, 11) is 3.99. The van der Waals surface area contributed by atoms with Crippen LogP contribution in [0.5, 0.6) is 0 Å². The zero-order valence-corrected chi connectivity index (χ0v) is 12.2. The fourth-order valence-corrected chi connectivity index (χ4v) is 3.21. The molecule has 0 saturated heterocycles. The van der Waals surface area contributed by atoms with Crippen LogP contribution in [0.2, 0.25) is 0 Å². The summed E-state index contributed by atoms with van der Waals surface area (Å²) in [6, 6.07) is 5.90. The molecule has 2 atom stereocenters.